The van der Waals surface area contributed by atoms with E-state index >= 15 is 0 Å². The van der Waals surface area contributed by atoms with Crippen molar-refractivity contribution in [3.05, 3.63) is 101 Å². The lowest BCUT2D eigenvalue weighted by Gasteiger charge is -2.22. The van der Waals surface area contributed by atoms with Crippen LogP contribution in [0.15, 0.2) is 79.0 Å². The van der Waals surface area contributed by atoms with Gasteiger partial charge in [-0.1, -0.05) is 30.3 Å². The first-order valence-electron chi connectivity index (χ1n) is 14.9. The van der Waals surface area contributed by atoms with Crippen molar-refractivity contribution in [2.75, 3.05) is 13.6 Å². The fraction of sp³-hybridized carbons (Fsp3) is 0.294. The highest BCUT2D eigenvalue weighted by atomic mass is 19.4. The Labute approximate surface area is 277 Å². The number of aliphatic hydroxyl groups is 1. The second-order valence-corrected chi connectivity index (χ2v) is 12.0. The van der Waals surface area contributed by atoms with Crippen LogP contribution in [0.4, 0.5) is 26.3 Å². The van der Waals surface area contributed by atoms with E-state index in [9.17, 15) is 36.2 Å². The van der Waals surface area contributed by atoms with E-state index in [4.69, 9.17) is 10.5 Å². The molecule has 1 aliphatic rings. The summed E-state index contributed by atoms with van der Waals surface area (Å²) < 4.78 is 88.6. The van der Waals surface area contributed by atoms with Gasteiger partial charge in [0, 0.05) is 24.4 Å². The second kappa shape index (κ2) is 13.1. The molecule has 0 saturated carbocycles. The predicted molar refractivity (Wildman–Crippen MR) is 168 cm³/mol. The van der Waals surface area contributed by atoms with Gasteiger partial charge < -0.3 is 25.2 Å². The van der Waals surface area contributed by atoms with Gasteiger partial charge in [-0.2, -0.15) is 18.3 Å². The third-order valence-electron chi connectivity index (χ3n) is 8.17. The van der Waals surface area contributed by atoms with Crippen molar-refractivity contribution in [2.24, 2.45) is 5.73 Å². The highest BCUT2D eigenvalue weighted by Gasteiger charge is 2.34. The molecule has 0 aliphatic carbocycles. The third-order valence-corrected chi connectivity index (χ3v) is 8.17. The van der Waals surface area contributed by atoms with Gasteiger partial charge in [0.15, 0.2) is 12.0 Å². The number of aliphatic hydroxyl groups excluding tert-OH is 1. The molecule has 4 N–H and O–H groups in total. The Kier molecular flexibility index (Phi) is 9.45. The average Bonchev–Trinajstić information content (AvgIpc) is 3.64. The number of carbonyl (C=O) groups is 1. The number of primary amides is 1. The van der Waals surface area contributed by atoms with Crippen LogP contribution in [0, 0.1) is 0 Å². The minimum atomic E-state index is -4.87. The zero-order chi connectivity index (χ0) is 35.9. The summed E-state index contributed by atoms with van der Waals surface area (Å²) in [6.07, 6.45) is -10.2. The molecule has 2 atom stereocenters. The van der Waals surface area contributed by atoms with Crippen LogP contribution in [0.25, 0.3) is 28.3 Å². The van der Waals surface area contributed by atoms with E-state index in [2.05, 4.69) is 9.84 Å². The van der Waals surface area contributed by atoms with Crippen molar-refractivity contribution >= 4 is 17.4 Å². The lowest BCUT2D eigenvalue weighted by molar-refractivity contribution is -0.274. The molecule has 3 aromatic carbocycles. The van der Waals surface area contributed by atoms with E-state index in [-0.39, 0.29) is 5.69 Å². The minimum absolute atomic E-state index is 0.0760. The molecule has 0 fully saturated rings. The molecule has 1 aromatic heterocycles. The van der Waals surface area contributed by atoms with Gasteiger partial charge in [0.05, 0.1) is 23.3 Å². The lowest BCUT2D eigenvalue weighted by Crippen LogP contribution is -2.35. The van der Waals surface area contributed by atoms with E-state index < -0.39 is 48.6 Å². The zero-order valence-electron chi connectivity index (χ0n) is 26.7. The van der Waals surface area contributed by atoms with E-state index in [1.54, 1.807) is 63.1 Å². The van der Waals surface area contributed by atoms with Crippen LogP contribution >= 0.6 is 0 Å². The number of benzene rings is 3. The highest BCUT2D eigenvalue weighted by molar-refractivity contribution is 5.92. The lowest BCUT2D eigenvalue weighted by atomic mass is 9.82. The Hall–Kier alpha value is -5.02. The molecule has 0 saturated heterocycles. The van der Waals surface area contributed by atoms with E-state index in [0.717, 1.165) is 5.56 Å². The van der Waals surface area contributed by atoms with Crippen molar-refractivity contribution in [2.45, 2.75) is 51.2 Å². The normalized spacial score (nSPS) is 16.1. The van der Waals surface area contributed by atoms with Crippen molar-refractivity contribution < 1.29 is 45.7 Å². The van der Waals surface area contributed by atoms with Crippen molar-refractivity contribution in [1.82, 2.24) is 20.0 Å². The Balaban J connectivity index is 1.66. The van der Waals surface area contributed by atoms with Gasteiger partial charge in [-0.15, -0.1) is 13.2 Å². The Bertz CT molecular complexity index is 1870. The first kappa shape index (κ1) is 35.3. The maximum absolute atomic E-state index is 12.8. The van der Waals surface area contributed by atoms with Gasteiger partial charge in [0.25, 0.3) is 0 Å². The highest BCUT2D eigenvalue weighted by Crippen LogP contribution is 2.42. The topological polar surface area (TPSA) is 115 Å². The molecular weight excluding hydrogens is 656 g/mol. The number of rotatable bonds is 10. The van der Waals surface area contributed by atoms with E-state index in [1.807, 2.05) is 17.4 Å². The quantitative estimate of drug-likeness (QED) is 0.129. The molecule has 2 unspecified atom stereocenters. The number of nitrogens with zero attached hydrogens (tertiary/aromatic N) is 3. The van der Waals surface area contributed by atoms with Crippen LogP contribution < -0.4 is 15.8 Å². The SMILES string of the molecule is CC1OC(c2cc(-c3cccc(C(C)(C)C(N)=O)c3)ccc2-n2ccc(C(O)NCC(F)(F)F)n2)=C(c2ccc(OC(F)(F)F)cc2)N1C. The molecule has 5 rings (SSSR count). The standard InChI is InChI=1S/C34H33F6N5O4/c1-19-44(4)28(20-8-11-24(12-9-20)49-34(38,39)40)29(48-19)25-17-22(21-6-5-7-23(16-21)32(2,3)31(41)47)10-13-27(25)45-15-14-26(43-45)30(46)42-18-33(35,36)37/h5-17,19,30,42,46H,18H2,1-4H3,(H2,41,47). The molecular formula is C34H33F6N5O4. The average molecular weight is 690 g/mol. The summed E-state index contributed by atoms with van der Waals surface area (Å²) in [6.45, 7) is 3.76. The fourth-order valence-electron chi connectivity index (χ4n) is 5.25. The van der Waals surface area contributed by atoms with Gasteiger partial charge in [-0.3, -0.25) is 10.1 Å². The van der Waals surface area contributed by atoms with Crippen molar-refractivity contribution in [3.63, 3.8) is 0 Å². The molecule has 2 heterocycles. The van der Waals surface area contributed by atoms with Gasteiger partial charge in [0.1, 0.15) is 17.7 Å². The molecule has 4 aromatic rings. The molecule has 1 aliphatic heterocycles. The monoisotopic (exact) mass is 689 g/mol. The molecule has 49 heavy (non-hydrogen) atoms. The Morgan fingerprint density at radius 3 is 2.29 bits per heavy atom. The molecule has 0 spiro atoms. The fourth-order valence-corrected chi connectivity index (χ4v) is 5.25. The van der Waals surface area contributed by atoms with Crippen LogP contribution in [0.2, 0.25) is 0 Å². The van der Waals surface area contributed by atoms with Crippen molar-refractivity contribution in [1.29, 1.82) is 0 Å². The molecule has 260 valence electrons. The number of halogens is 6. The maximum atomic E-state index is 12.8. The number of hydrogen-bond donors (Lipinski definition) is 3. The molecule has 0 bridgehead atoms. The number of aromatic nitrogens is 2. The Morgan fingerprint density at radius 2 is 1.65 bits per heavy atom. The minimum Gasteiger partial charge on any atom is -0.468 e. The Morgan fingerprint density at radius 1 is 1.00 bits per heavy atom. The molecule has 15 heteroatoms. The zero-order valence-corrected chi connectivity index (χ0v) is 26.7. The molecule has 1 amide bonds. The summed E-state index contributed by atoms with van der Waals surface area (Å²) in [4.78, 5) is 14.0. The third kappa shape index (κ3) is 7.84. The van der Waals surface area contributed by atoms with Gasteiger partial charge in [-0.05, 0) is 79.9 Å². The van der Waals surface area contributed by atoms with Crippen LogP contribution in [0.5, 0.6) is 5.75 Å². The van der Waals surface area contributed by atoms with Crippen LogP contribution in [-0.2, 0) is 14.9 Å². The summed E-state index contributed by atoms with van der Waals surface area (Å²) in [7, 11) is 1.75. The molecule has 9 nitrogen and oxygen atoms in total. The van der Waals surface area contributed by atoms with Gasteiger partial charge >= 0.3 is 12.5 Å². The number of hydrogen-bond acceptors (Lipinski definition) is 7. The number of carbonyl (C=O) groups excluding carboxylic acids is 1. The van der Waals surface area contributed by atoms with Crippen LogP contribution in [0.3, 0.4) is 0 Å². The summed E-state index contributed by atoms with van der Waals surface area (Å²) in [5.41, 5.74) is 8.60. The summed E-state index contributed by atoms with van der Waals surface area (Å²) in [6, 6.07) is 19.2. The number of amides is 1. The van der Waals surface area contributed by atoms with Gasteiger partial charge in [-0.25, -0.2) is 4.68 Å². The number of nitrogens with one attached hydrogen (secondary N) is 1. The first-order chi connectivity index (χ1) is 22.8. The van der Waals surface area contributed by atoms with Gasteiger partial charge in [0.2, 0.25) is 5.91 Å². The summed E-state index contributed by atoms with van der Waals surface area (Å²) in [5.74, 6) is -0.589. The largest absolute Gasteiger partial charge is 0.573 e. The summed E-state index contributed by atoms with van der Waals surface area (Å²) >= 11 is 0. The smallest absolute Gasteiger partial charge is 0.468 e. The number of ether oxygens (including phenoxy) is 2. The van der Waals surface area contributed by atoms with E-state index in [0.29, 0.717) is 39.4 Å². The second-order valence-electron chi connectivity index (χ2n) is 12.0. The van der Waals surface area contributed by atoms with Crippen molar-refractivity contribution in [3.8, 4) is 22.6 Å². The number of nitrogens with two attached hydrogens (primary N) is 1. The van der Waals surface area contributed by atoms with Crippen LogP contribution in [0.1, 0.15) is 49.4 Å². The molecule has 0 radical (unpaired) electrons. The predicted octanol–water partition coefficient (Wildman–Crippen LogP) is 6.48. The van der Waals surface area contributed by atoms with E-state index in [1.165, 1.54) is 41.2 Å². The van der Waals surface area contributed by atoms with Crippen LogP contribution in [-0.4, -0.2) is 58.1 Å². The summed E-state index contributed by atoms with van der Waals surface area (Å²) in [5, 5.41) is 16.7. The maximum Gasteiger partial charge on any atom is 0.573 e. The first-order valence-corrected chi connectivity index (χ1v) is 14.9. The number of alkyl halides is 6.